The van der Waals surface area contributed by atoms with Crippen molar-refractivity contribution in [1.29, 1.82) is 5.26 Å². The van der Waals surface area contributed by atoms with Crippen LogP contribution in [0, 0.1) is 11.3 Å². The number of carbonyl (C=O) groups is 2. The van der Waals surface area contributed by atoms with E-state index in [0.29, 0.717) is 28.4 Å². The average Bonchev–Trinajstić information content (AvgIpc) is 3.05. The van der Waals surface area contributed by atoms with Crippen LogP contribution >= 0.6 is 11.8 Å². The summed E-state index contributed by atoms with van der Waals surface area (Å²) in [4.78, 5) is 23.5. The molecule has 7 heteroatoms. The van der Waals surface area contributed by atoms with Gasteiger partial charge in [-0.05, 0) is 25.0 Å². The highest BCUT2D eigenvalue weighted by Crippen LogP contribution is 2.43. The Hall–Kier alpha value is -2.46. The predicted molar refractivity (Wildman–Crippen MR) is 84.8 cm³/mol. The van der Waals surface area contributed by atoms with Crippen LogP contribution in [0.5, 0.6) is 0 Å². The monoisotopic (exact) mass is 329 g/mol. The number of carbonyl (C=O) groups excluding carboxylic acids is 2. The number of rotatable bonds is 4. The maximum Gasteiger partial charge on any atom is 0.227 e. The van der Waals surface area contributed by atoms with E-state index in [1.54, 1.807) is 12.1 Å². The molecule has 1 amide bonds. The molecule has 0 spiro atoms. The fourth-order valence-electron chi connectivity index (χ4n) is 2.92. The number of primary amides is 1. The fourth-order valence-corrected chi connectivity index (χ4v) is 3.72. The summed E-state index contributed by atoms with van der Waals surface area (Å²) < 4.78 is 5.48. The molecule has 0 saturated carbocycles. The molecule has 1 atom stereocenters. The molecule has 1 aromatic heterocycles. The van der Waals surface area contributed by atoms with Crippen LogP contribution in [-0.2, 0) is 9.59 Å². The van der Waals surface area contributed by atoms with Gasteiger partial charge < -0.3 is 15.5 Å². The van der Waals surface area contributed by atoms with Crippen molar-refractivity contribution in [1.82, 2.24) is 5.32 Å². The third-order valence-electron chi connectivity index (χ3n) is 3.85. The van der Waals surface area contributed by atoms with Gasteiger partial charge in [-0.2, -0.15) is 5.26 Å². The smallest absolute Gasteiger partial charge is 0.227 e. The number of nitrogens with one attached hydrogen (secondary N) is 1. The third kappa shape index (κ3) is 2.90. The molecule has 6 nitrogen and oxygen atoms in total. The van der Waals surface area contributed by atoms with E-state index in [0.717, 1.165) is 18.5 Å². The molecular weight excluding hydrogens is 314 g/mol. The summed E-state index contributed by atoms with van der Waals surface area (Å²) in [5.41, 5.74) is 7.01. The van der Waals surface area contributed by atoms with E-state index in [9.17, 15) is 14.9 Å². The van der Waals surface area contributed by atoms with E-state index >= 15 is 0 Å². The Balaban J connectivity index is 2.08. The molecule has 2 heterocycles. The summed E-state index contributed by atoms with van der Waals surface area (Å²) in [5, 5.41) is 13.4. The van der Waals surface area contributed by atoms with E-state index in [2.05, 4.69) is 11.4 Å². The van der Waals surface area contributed by atoms with Gasteiger partial charge in [0.2, 0.25) is 5.91 Å². The van der Waals surface area contributed by atoms with E-state index in [1.807, 2.05) is 0 Å². The predicted octanol–water partition coefficient (Wildman–Crippen LogP) is 1.93. The van der Waals surface area contributed by atoms with Crippen molar-refractivity contribution in [2.45, 2.75) is 25.2 Å². The molecule has 1 unspecified atom stereocenters. The van der Waals surface area contributed by atoms with E-state index in [1.165, 1.54) is 18.0 Å². The Bertz CT molecular complexity index is 756. The zero-order chi connectivity index (χ0) is 16.4. The fraction of sp³-hybridized carbons (Fsp3) is 0.312. The summed E-state index contributed by atoms with van der Waals surface area (Å²) in [5.74, 6) is -0.325. The SMILES string of the molecule is N#CC1=C(SCC(N)=O)NC2=C(C(=O)CCC2)C1c1ccco1. The first-order valence-corrected chi connectivity index (χ1v) is 8.22. The largest absolute Gasteiger partial charge is 0.468 e. The van der Waals surface area contributed by atoms with Crippen molar-refractivity contribution in [2.75, 3.05) is 5.75 Å². The number of nitrogens with two attached hydrogens (primary N) is 1. The Kier molecular flexibility index (Phi) is 4.26. The third-order valence-corrected chi connectivity index (χ3v) is 4.89. The zero-order valence-electron chi connectivity index (χ0n) is 12.3. The van der Waals surface area contributed by atoms with Gasteiger partial charge in [0.1, 0.15) is 5.76 Å². The summed E-state index contributed by atoms with van der Waals surface area (Å²) >= 11 is 1.18. The van der Waals surface area contributed by atoms with Gasteiger partial charge in [-0.3, -0.25) is 9.59 Å². The van der Waals surface area contributed by atoms with E-state index in [4.69, 9.17) is 10.2 Å². The van der Waals surface area contributed by atoms with Crippen molar-refractivity contribution < 1.29 is 14.0 Å². The number of ketones is 1. The average molecular weight is 329 g/mol. The van der Waals surface area contributed by atoms with Crippen LogP contribution in [-0.4, -0.2) is 17.4 Å². The lowest BCUT2D eigenvalue weighted by molar-refractivity contribution is -0.116. The zero-order valence-corrected chi connectivity index (χ0v) is 13.1. The minimum Gasteiger partial charge on any atom is -0.468 e. The highest BCUT2D eigenvalue weighted by Gasteiger charge is 2.38. The second kappa shape index (κ2) is 6.34. The summed E-state index contributed by atoms with van der Waals surface area (Å²) in [6.45, 7) is 0. The molecule has 3 N–H and O–H groups in total. The molecule has 0 bridgehead atoms. The summed E-state index contributed by atoms with van der Waals surface area (Å²) in [7, 11) is 0. The van der Waals surface area contributed by atoms with Gasteiger partial charge in [0.15, 0.2) is 5.78 Å². The standard InChI is InChI=1S/C16H15N3O3S/c17-7-9-14(12-5-2-6-22-12)15-10(3-1-4-11(15)20)19-16(9)23-8-13(18)21/h2,5-6,14,19H,1,3-4,8H2,(H2,18,21). The number of hydrogen-bond donors (Lipinski definition) is 2. The minimum absolute atomic E-state index is 0.0341. The lowest BCUT2D eigenvalue weighted by Crippen LogP contribution is -2.31. The molecule has 23 heavy (non-hydrogen) atoms. The number of hydrogen-bond acceptors (Lipinski definition) is 6. The van der Waals surface area contributed by atoms with Crippen LogP contribution in [0.1, 0.15) is 30.9 Å². The number of thioether (sulfide) groups is 1. The normalized spacial score (nSPS) is 20.8. The van der Waals surface area contributed by atoms with Crippen molar-refractivity contribution in [3.63, 3.8) is 0 Å². The maximum absolute atomic E-state index is 12.4. The molecule has 3 rings (SSSR count). The topological polar surface area (TPSA) is 109 Å². The maximum atomic E-state index is 12.4. The van der Waals surface area contributed by atoms with Crippen LogP contribution in [0.2, 0.25) is 0 Å². The molecule has 2 aliphatic rings. The van der Waals surface area contributed by atoms with Gasteiger partial charge in [0.25, 0.3) is 0 Å². The Morgan fingerprint density at radius 2 is 2.35 bits per heavy atom. The molecule has 1 aromatic rings. The number of allylic oxidation sites excluding steroid dienone is 3. The molecule has 118 valence electrons. The first-order chi connectivity index (χ1) is 11.1. The molecule has 0 saturated heterocycles. The number of nitrogens with zero attached hydrogens (tertiary/aromatic N) is 1. The number of dihydropyridines is 1. The van der Waals surface area contributed by atoms with Crippen molar-refractivity contribution in [2.24, 2.45) is 5.73 Å². The molecule has 0 aromatic carbocycles. The summed E-state index contributed by atoms with van der Waals surface area (Å²) in [6, 6.07) is 5.66. The van der Waals surface area contributed by atoms with Crippen molar-refractivity contribution in [3.8, 4) is 6.07 Å². The van der Waals surface area contributed by atoms with Gasteiger partial charge in [-0.15, -0.1) is 0 Å². The van der Waals surface area contributed by atoms with Crippen LogP contribution < -0.4 is 11.1 Å². The number of amides is 1. The summed E-state index contributed by atoms with van der Waals surface area (Å²) in [6.07, 6.45) is 3.50. The number of nitriles is 1. The Morgan fingerprint density at radius 1 is 1.52 bits per heavy atom. The van der Waals surface area contributed by atoms with Gasteiger partial charge in [-0.1, -0.05) is 11.8 Å². The molecular formula is C16H15N3O3S. The molecule has 1 aliphatic heterocycles. The Morgan fingerprint density at radius 3 is 3.00 bits per heavy atom. The van der Waals surface area contributed by atoms with Crippen LogP contribution in [0.4, 0.5) is 0 Å². The quantitative estimate of drug-likeness (QED) is 0.873. The molecule has 0 radical (unpaired) electrons. The highest BCUT2D eigenvalue weighted by molar-refractivity contribution is 8.03. The minimum atomic E-state index is -0.519. The van der Waals surface area contributed by atoms with Crippen molar-refractivity contribution >= 4 is 23.5 Å². The Labute approximate surface area is 137 Å². The van der Waals surface area contributed by atoms with Gasteiger partial charge in [-0.25, -0.2) is 0 Å². The first-order valence-electron chi connectivity index (χ1n) is 7.24. The van der Waals surface area contributed by atoms with E-state index < -0.39 is 11.8 Å². The first kappa shape index (κ1) is 15.4. The van der Waals surface area contributed by atoms with Crippen molar-refractivity contribution in [3.05, 3.63) is 46.0 Å². The second-order valence-corrected chi connectivity index (χ2v) is 6.34. The molecule has 0 fully saturated rings. The highest BCUT2D eigenvalue weighted by atomic mass is 32.2. The van der Waals surface area contributed by atoms with Crippen LogP contribution in [0.25, 0.3) is 0 Å². The van der Waals surface area contributed by atoms with E-state index in [-0.39, 0.29) is 11.5 Å². The lowest BCUT2D eigenvalue weighted by Gasteiger charge is -2.32. The van der Waals surface area contributed by atoms with Gasteiger partial charge >= 0.3 is 0 Å². The molecule has 1 aliphatic carbocycles. The van der Waals surface area contributed by atoms with Gasteiger partial charge in [0.05, 0.1) is 34.6 Å². The number of Topliss-reactive ketones (excluding diaryl/α,β-unsaturated/α-hetero) is 1. The lowest BCUT2D eigenvalue weighted by atomic mass is 9.79. The number of furan rings is 1. The van der Waals surface area contributed by atoms with Gasteiger partial charge in [0, 0.05) is 17.7 Å². The van der Waals surface area contributed by atoms with Crippen LogP contribution in [0.3, 0.4) is 0 Å². The van der Waals surface area contributed by atoms with Crippen LogP contribution in [0.15, 0.2) is 44.7 Å². The second-order valence-electron chi connectivity index (χ2n) is 5.35.